The number of carbonyl (C=O) groups excluding carboxylic acids is 2. The van der Waals surface area contributed by atoms with E-state index in [2.05, 4.69) is 30.2 Å². The van der Waals surface area contributed by atoms with E-state index in [1.165, 1.54) is 43.1 Å². The first-order chi connectivity index (χ1) is 19.2. The first-order valence-corrected chi connectivity index (χ1v) is 12.7. The molecule has 0 saturated heterocycles. The maximum Gasteiger partial charge on any atom is 0.411 e. The minimum atomic E-state index is -0.806. The summed E-state index contributed by atoms with van der Waals surface area (Å²) < 4.78 is 31.6. The minimum Gasteiger partial charge on any atom is -0.484 e. The van der Waals surface area contributed by atoms with Crippen LogP contribution in [0.25, 0.3) is 31.8 Å². The number of anilines is 1. The summed E-state index contributed by atoms with van der Waals surface area (Å²) in [6, 6.07) is 6.72. The third-order valence-electron chi connectivity index (χ3n) is 5.55. The number of carbonyl (C=O) groups is 2. The van der Waals surface area contributed by atoms with Gasteiger partial charge in [-0.25, -0.2) is 34.1 Å². The molecule has 3 N–H and O–H groups in total. The number of ether oxygens (including phenoxy) is 3. The van der Waals surface area contributed by atoms with Crippen molar-refractivity contribution in [3.63, 3.8) is 0 Å². The molecule has 0 unspecified atom stereocenters. The molecule has 40 heavy (non-hydrogen) atoms. The predicted molar refractivity (Wildman–Crippen MR) is 145 cm³/mol. The van der Waals surface area contributed by atoms with Crippen LogP contribution >= 0.6 is 11.3 Å². The van der Waals surface area contributed by atoms with E-state index in [0.29, 0.717) is 32.1 Å². The first kappa shape index (κ1) is 26.6. The van der Waals surface area contributed by atoms with Gasteiger partial charge in [-0.2, -0.15) is 0 Å². The van der Waals surface area contributed by atoms with E-state index in [-0.39, 0.29) is 23.9 Å². The Bertz CT molecular complexity index is 1750. The SMILES string of the molecule is COc1cnc2c(-c3nc4cc(F)c(O[C@@H](C)COC(=O)Nc5cnc(C(N)=O)nc5)cc4s3)cc(C)cc2n1. The quantitative estimate of drug-likeness (QED) is 0.279. The molecule has 0 bridgehead atoms. The van der Waals surface area contributed by atoms with E-state index in [0.717, 1.165) is 11.1 Å². The molecule has 2 amide bonds. The number of hydrogen-bond donors (Lipinski definition) is 2. The Hall–Kier alpha value is -4.98. The number of methoxy groups -OCH3 is 1. The van der Waals surface area contributed by atoms with E-state index in [4.69, 9.17) is 19.9 Å². The second-order valence-electron chi connectivity index (χ2n) is 8.67. The van der Waals surface area contributed by atoms with E-state index < -0.39 is 23.9 Å². The molecule has 0 fully saturated rings. The van der Waals surface area contributed by atoms with Crippen molar-refractivity contribution in [1.29, 1.82) is 0 Å². The summed E-state index contributed by atoms with van der Waals surface area (Å²) in [4.78, 5) is 44.2. The van der Waals surface area contributed by atoms with Crippen molar-refractivity contribution in [2.45, 2.75) is 20.0 Å². The molecule has 14 heteroatoms. The zero-order valence-corrected chi connectivity index (χ0v) is 22.3. The lowest BCUT2D eigenvalue weighted by atomic mass is 10.1. The molecular weight excluding hydrogens is 541 g/mol. The third-order valence-corrected chi connectivity index (χ3v) is 6.60. The normalized spacial score (nSPS) is 11.8. The molecule has 0 radical (unpaired) electrons. The van der Waals surface area contributed by atoms with Gasteiger partial charge in [0, 0.05) is 17.7 Å². The Labute approximate surface area is 230 Å². The number of benzene rings is 2. The van der Waals surface area contributed by atoms with Crippen molar-refractivity contribution >= 4 is 50.3 Å². The van der Waals surface area contributed by atoms with Crippen molar-refractivity contribution in [3.05, 3.63) is 60.1 Å². The van der Waals surface area contributed by atoms with Gasteiger partial charge in [0.2, 0.25) is 11.7 Å². The summed E-state index contributed by atoms with van der Waals surface area (Å²) in [6.45, 7) is 3.40. The molecule has 0 aliphatic rings. The smallest absolute Gasteiger partial charge is 0.411 e. The average Bonchev–Trinajstić information content (AvgIpc) is 3.34. The Morgan fingerprint density at radius 2 is 1.85 bits per heavy atom. The van der Waals surface area contributed by atoms with E-state index in [1.54, 1.807) is 13.0 Å². The Morgan fingerprint density at radius 3 is 2.58 bits per heavy atom. The number of nitrogens with two attached hydrogens (primary N) is 1. The lowest BCUT2D eigenvalue weighted by molar-refractivity contribution is 0.0969. The minimum absolute atomic E-state index is 0.00623. The van der Waals surface area contributed by atoms with Crippen molar-refractivity contribution in [2.75, 3.05) is 19.0 Å². The second kappa shape index (κ2) is 11.0. The first-order valence-electron chi connectivity index (χ1n) is 11.8. The molecule has 204 valence electrons. The van der Waals surface area contributed by atoms with Gasteiger partial charge in [0.15, 0.2) is 11.6 Å². The lowest BCUT2D eigenvalue weighted by Crippen LogP contribution is -2.24. The predicted octanol–water partition coefficient (Wildman–Crippen LogP) is 4.27. The van der Waals surface area contributed by atoms with Crippen molar-refractivity contribution in [3.8, 4) is 22.2 Å². The van der Waals surface area contributed by atoms with Crippen molar-refractivity contribution in [1.82, 2.24) is 24.9 Å². The Morgan fingerprint density at radius 1 is 1.07 bits per heavy atom. The van der Waals surface area contributed by atoms with Crippen LogP contribution in [0.1, 0.15) is 23.1 Å². The van der Waals surface area contributed by atoms with Gasteiger partial charge in [-0.3, -0.25) is 10.1 Å². The summed E-state index contributed by atoms with van der Waals surface area (Å²) >= 11 is 1.36. The van der Waals surface area contributed by atoms with Gasteiger partial charge in [-0.1, -0.05) is 0 Å². The number of fused-ring (bicyclic) bond motifs is 2. The van der Waals surface area contributed by atoms with Crippen LogP contribution in [0, 0.1) is 12.7 Å². The number of aryl methyl sites for hydroxylation is 1. The summed E-state index contributed by atoms with van der Waals surface area (Å²) in [6.07, 6.45) is 2.48. The van der Waals surface area contributed by atoms with Crippen LogP contribution in [0.2, 0.25) is 0 Å². The number of nitrogens with one attached hydrogen (secondary N) is 1. The number of amides is 2. The van der Waals surface area contributed by atoms with Crippen LogP contribution < -0.4 is 20.5 Å². The van der Waals surface area contributed by atoms with Crippen LogP contribution in [0.15, 0.2) is 42.9 Å². The fraction of sp³-hybridized carbons (Fsp3) is 0.192. The summed E-state index contributed by atoms with van der Waals surface area (Å²) in [7, 11) is 1.53. The van der Waals surface area contributed by atoms with E-state index in [9.17, 15) is 14.0 Å². The van der Waals surface area contributed by atoms with Gasteiger partial charge in [-0.15, -0.1) is 11.3 Å². The highest BCUT2D eigenvalue weighted by Crippen LogP contribution is 2.37. The summed E-state index contributed by atoms with van der Waals surface area (Å²) in [5, 5.41) is 3.07. The topological polar surface area (TPSA) is 164 Å². The average molecular weight is 564 g/mol. The molecule has 0 spiro atoms. The maximum absolute atomic E-state index is 14.9. The number of halogens is 1. The number of primary amides is 1. The van der Waals surface area contributed by atoms with Gasteiger partial charge in [-0.05, 0) is 31.5 Å². The largest absolute Gasteiger partial charge is 0.484 e. The molecular formula is C26H22FN7O5S. The lowest BCUT2D eigenvalue weighted by Gasteiger charge is -2.15. The molecule has 5 aromatic rings. The highest BCUT2D eigenvalue weighted by atomic mass is 32.1. The number of nitrogens with zero attached hydrogens (tertiary/aromatic N) is 5. The number of hydrogen-bond acceptors (Lipinski definition) is 11. The Balaban J connectivity index is 1.28. The van der Waals surface area contributed by atoms with Gasteiger partial charge in [0.25, 0.3) is 5.91 Å². The molecule has 3 heterocycles. The highest BCUT2D eigenvalue weighted by Gasteiger charge is 2.18. The molecule has 0 aliphatic heterocycles. The van der Waals surface area contributed by atoms with Crippen molar-refractivity contribution in [2.24, 2.45) is 5.73 Å². The Kier molecular flexibility index (Phi) is 7.33. The highest BCUT2D eigenvalue weighted by molar-refractivity contribution is 7.21. The third kappa shape index (κ3) is 5.71. The monoisotopic (exact) mass is 563 g/mol. The molecule has 0 saturated carbocycles. The molecule has 3 aromatic heterocycles. The van der Waals surface area contributed by atoms with Gasteiger partial charge in [0.05, 0.1) is 52.6 Å². The molecule has 2 aromatic carbocycles. The van der Waals surface area contributed by atoms with Crippen LogP contribution in [-0.2, 0) is 4.74 Å². The van der Waals surface area contributed by atoms with E-state index in [1.807, 2.05) is 19.1 Å². The zero-order valence-electron chi connectivity index (χ0n) is 21.5. The summed E-state index contributed by atoms with van der Waals surface area (Å²) in [5.74, 6) is -1.19. The number of rotatable bonds is 8. The maximum atomic E-state index is 14.9. The zero-order chi connectivity index (χ0) is 28.4. The van der Waals surface area contributed by atoms with Crippen LogP contribution in [0.5, 0.6) is 11.6 Å². The molecule has 1 atom stereocenters. The second-order valence-corrected chi connectivity index (χ2v) is 9.70. The van der Waals surface area contributed by atoms with Gasteiger partial charge < -0.3 is 19.9 Å². The van der Waals surface area contributed by atoms with Crippen LogP contribution in [-0.4, -0.2) is 56.7 Å². The fourth-order valence-corrected chi connectivity index (χ4v) is 4.76. The molecule has 5 rings (SSSR count). The molecule has 12 nitrogen and oxygen atoms in total. The van der Waals surface area contributed by atoms with Gasteiger partial charge >= 0.3 is 6.09 Å². The standard InChI is InChI=1S/C26H22FN7O5S/c1-12-4-15(22-18(5-12)33-21(37-3)10-29-22)25-34-17-6-16(27)19(7-20(17)40-25)39-13(2)11-38-26(36)32-14-8-30-24(23(28)35)31-9-14/h4-10,13H,11H2,1-3H3,(H2,28,35)(H,32,36)/t13-/m0/s1. The molecule has 0 aliphatic carbocycles. The van der Waals surface area contributed by atoms with E-state index >= 15 is 0 Å². The number of thiazole rings is 1. The van der Waals surface area contributed by atoms with Gasteiger partial charge in [0.1, 0.15) is 17.7 Å². The number of aromatic nitrogens is 5. The van der Waals surface area contributed by atoms with Crippen molar-refractivity contribution < 1.29 is 28.2 Å². The van der Waals surface area contributed by atoms with Crippen LogP contribution in [0.4, 0.5) is 14.9 Å². The summed E-state index contributed by atoms with van der Waals surface area (Å²) in [5.41, 5.74) is 8.81. The van der Waals surface area contributed by atoms with Crippen LogP contribution in [0.3, 0.4) is 0 Å². The fourth-order valence-electron chi connectivity index (χ4n) is 3.76.